The summed E-state index contributed by atoms with van der Waals surface area (Å²) in [6.45, 7) is 1.49. The number of rotatable bonds is 6. The molecule has 0 spiro atoms. The Morgan fingerprint density at radius 1 is 1.17 bits per heavy atom. The quantitative estimate of drug-likeness (QED) is 0.817. The lowest BCUT2D eigenvalue weighted by molar-refractivity contribution is -0.124. The molecule has 0 saturated heterocycles. The van der Waals surface area contributed by atoms with Crippen molar-refractivity contribution >= 4 is 11.7 Å². The summed E-state index contributed by atoms with van der Waals surface area (Å²) in [5.41, 5.74) is 0.800. The first-order valence-electron chi connectivity index (χ1n) is 5.54. The van der Waals surface area contributed by atoms with Crippen LogP contribution >= 0.6 is 0 Å². The lowest BCUT2D eigenvalue weighted by Crippen LogP contribution is -2.29. The second-order valence-electron chi connectivity index (χ2n) is 3.84. The molecule has 0 aliphatic carbocycles. The smallest absolute Gasteiger partial charge is 0.224 e. The van der Waals surface area contributed by atoms with Gasteiger partial charge in [-0.15, -0.1) is 0 Å². The molecule has 0 aliphatic heterocycles. The van der Waals surface area contributed by atoms with Crippen LogP contribution < -0.4 is 14.8 Å². The molecule has 0 aromatic heterocycles. The van der Waals surface area contributed by atoms with Crippen LogP contribution in [0.1, 0.15) is 12.5 Å². The van der Waals surface area contributed by atoms with E-state index in [2.05, 4.69) is 5.32 Å². The topological polar surface area (TPSA) is 64.6 Å². The normalized spacial score (nSPS) is 9.72. The van der Waals surface area contributed by atoms with Gasteiger partial charge in [0.2, 0.25) is 5.91 Å². The van der Waals surface area contributed by atoms with Crippen molar-refractivity contribution in [1.29, 1.82) is 0 Å². The average molecular weight is 251 g/mol. The Morgan fingerprint density at radius 2 is 1.83 bits per heavy atom. The zero-order chi connectivity index (χ0) is 13.5. The number of hydrogen-bond donors (Lipinski definition) is 1. The van der Waals surface area contributed by atoms with Crippen molar-refractivity contribution in [2.45, 2.75) is 13.3 Å². The predicted molar refractivity (Wildman–Crippen MR) is 66.9 cm³/mol. The third-order valence-corrected chi connectivity index (χ3v) is 2.35. The zero-order valence-corrected chi connectivity index (χ0v) is 10.8. The van der Waals surface area contributed by atoms with Crippen molar-refractivity contribution in [3.63, 3.8) is 0 Å². The second kappa shape index (κ2) is 6.64. The standard InChI is InChI=1S/C13H17NO4/c1-9(15)8-14-13(16)7-10-4-5-11(17-2)12(6-10)18-3/h4-6H,7-8H2,1-3H3,(H,14,16). The highest BCUT2D eigenvalue weighted by Gasteiger charge is 2.08. The summed E-state index contributed by atoms with van der Waals surface area (Å²) in [7, 11) is 3.09. The molecule has 5 heteroatoms. The first-order valence-corrected chi connectivity index (χ1v) is 5.54. The minimum absolute atomic E-state index is 0.0616. The van der Waals surface area contributed by atoms with Gasteiger partial charge in [0.1, 0.15) is 5.78 Å². The van der Waals surface area contributed by atoms with Gasteiger partial charge in [-0.25, -0.2) is 0 Å². The maximum absolute atomic E-state index is 11.5. The van der Waals surface area contributed by atoms with Gasteiger partial charge in [0.25, 0.3) is 0 Å². The Morgan fingerprint density at radius 3 is 2.39 bits per heavy atom. The molecule has 1 rings (SSSR count). The van der Waals surface area contributed by atoms with E-state index in [1.54, 1.807) is 25.3 Å². The lowest BCUT2D eigenvalue weighted by atomic mass is 10.1. The van der Waals surface area contributed by atoms with Gasteiger partial charge < -0.3 is 14.8 Å². The molecular weight excluding hydrogens is 234 g/mol. The molecule has 0 fully saturated rings. The number of ether oxygens (including phenoxy) is 2. The monoisotopic (exact) mass is 251 g/mol. The molecule has 1 N–H and O–H groups in total. The van der Waals surface area contributed by atoms with Gasteiger partial charge in [-0.05, 0) is 24.6 Å². The number of carbonyl (C=O) groups excluding carboxylic acids is 2. The van der Waals surface area contributed by atoms with Crippen LogP contribution in [0.2, 0.25) is 0 Å². The number of Topliss-reactive ketones (excluding diaryl/α,β-unsaturated/α-hetero) is 1. The molecule has 98 valence electrons. The Balaban J connectivity index is 2.67. The Hall–Kier alpha value is -2.04. The zero-order valence-electron chi connectivity index (χ0n) is 10.8. The number of methoxy groups -OCH3 is 2. The summed E-state index contributed by atoms with van der Waals surface area (Å²) in [6, 6.07) is 5.27. The first kappa shape index (κ1) is 14.0. The van der Waals surface area contributed by atoms with E-state index in [4.69, 9.17) is 9.47 Å². The minimum Gasteiger partial charge on any atom is -0.493 e. The molecule has 0 radical (unpaired) electrons. The lowest BCUT2D eigenvalue weighted by Gasteiger charge is -2.09. The molecule has 1 aromatic rings. The maximum atomic E-state index is 11.5. The average Bonchev–Trinajstić information content (AvgIpc) is 2.36. The fourth-order valence-electron chi connectivity index (χ4n) is 1.46. The van der Waals surface area contributed by atoms with Gasteiger partial charge in [0.05, 0.1) is 27.2 Å². The van der Waals surface area contributed by atoms with E-state index in [1.807, 2.05) is 0 Å². The summed E-state index contributed by atoms with van der Waals surface area (Å²) < 4.78 is 10.3. The van der Waals surface area contributed by atoms with E-state index in [9.17, 15) is 9.59 Å². The van der Waals surface area contributed by atoms with Gasteiger partial charge in [0, 0.05) is 0 Å². The van der Waals surface area contributed by atoms with E-state index in [0.29, 0.717) is 11.5 Å². The third-order valence-electron chi connectivity index (χ3n) is 2.35. The van der Waals surface area contributed by atoms with Crippen LogP contribution in [0.25, 0.3) is 0 Å². The fourth-order valence-corrected chi connectivity index (χ4v) is 1.46. The van der Waals surface area contributed by atoms with Crippen LogP contribution in [0.5, 0.6) is 11.5 Å². The fraction of sp³-hybridized carbons (Fsp3) is 0.385. The van der Waals surface area contributed by atoms with E-state index in [1.165, 1.54) is 14.0 Å². The van der Waals surface area contributed by atoms with Crippen LogP contribution in [0.4, 0.5) is 0 Å². The highest BCUT2D eigenvalue weighted by atomic mass is 16.5. The van der Waals surface area contributed by atoms with Crippen LogP contribution in [-0.2, 0) is 16.0 Å². The molecule has 5 nitrogen and oxygen atoms in total. The van der Waals surface area contributed by atoms with Crippen LogP contribution in [0, 0.1) is 0 Å². The van der Waals surface area contributed by atoms with Gasteiger partial charge in [-0.3, -0.25) is 9.59 Å². The van der Waals surface area contributed by atoms with Crippen LogP contribution in [-0.4, -0.2) is 32.5 Å². The van der Waals surface area contributed by atoms with E-state index in [0.717, 1.165) is 5.56 Å². The van der Waals surface area contributed by atoms with Crippen molar-refractivity contribution in [2.24, 2.45) is 0 Å². The number of nitrogens with one attached hydrogen (secondary N) is 1. The summed E-state index contributed by atoms with van der Waals surface area (Å²) in [4.78, 5) is 22.3. The Labute approximate surface area is 106 Å². The maximum Gasteiger partial charge on any atom is 0.224 e. The Kier molecular flexibility index (Phi) is 5.17. The molecule has 18 heavy (non-hydrogen) atoms. The summed E-state index contributed by atoms with van der Waals surface area (Å²) in [5.74, 6) is 0.924. The van der Waals surface area contributed by atoms with E-state index >= 15 is 0 Å². The minimum atomic E-state index is -0.197. The van der Waals surface area contributed by atoms with Gasteiger partial charge in [-0.1, -0.05) is 6.07 Å². The van der Waals surface area contributed by atoms with Gasteiger partial charge in [0.15, 0.2) is 11.5 Å². The molecule has 0 bridgehead atoms. The highest BCUT2D eigenvalue weighted by Crippen LogP contribution is 2.27. The van der Waals surface area contributed by atoms with Gasteiger partial charge >= 0.3 is 0 Å². The van der Waals surface area contributed by atoms with Crippen molar-refractivity contribution in [1.82, 2.24) is 5.32 Å². The summed E-state index contributed by atoms with van der Waals surface area (Å²) in [5, 5.41) is 2.54. The number of benzene rings is 1. The highest BCUT2D eigenvalue weighted by molar-refractivity contribution is 5.85. The molecular formula is C13H17NO4. The molecule has 0 aliphatic rings. The predicted octanol–water partition coefficient (Wildman–Crippen LogP) is 0.951. The van der Waals surface area contributed by atoms with Gasteiger partial charge in [-0.2, -0.15) is 0 Å². The van der Waals surface area contributed by atoms with Crippen molar-refractivity contribution in [3.05, 3.63) is 23.8 Å². The second-order valence-corrected chi connectivity index (χ2v) is 3.84. The number of hydrogen-bond acceptors (Lipinski definition) is 4. The van der Waals surface area contributed by atoms with Crippen LogP contribution in [0.15, 0.2) is 18.2 Å². The summed E-state index contributed by atoms with van der Waals surface area (Å²) in [6.07, 6.45) is 0.202. The SMILES string of the molecule is COc1ccc(CC(=O)NCC(C)=O)cc1OC. The molecule has 0 saturated carbocycles. The van der Waals surface area contributed by atoms with Crippen molar-refractivity contribution in [2.75, 3.05) is 20.8 Å². The number of amides is 1. The Bertz CT molecular complexity index is 443. The van der Waals surface area contributed by atoms with E-state index in [-0.39, 0.29) is 24.7 Å². The van der Waals surface area contributed by atoms with Crippen LogP contribution in [0.3, 0.4) is 0 Å². The van der Waals surface area contributed by atoms with Crippen molar-refractivity contribution in [3.8, 4) is 11.5 Å². The summed E-state index contributed by atoms with van der Waals surface area (Å²) >= 11 is 0. The molecule has 0 atom stereocenters. The van der Waals surface area contributed by atoms with Crippen molar-refractivity contribution < 1.29 is 19.1 Å². The molecule has 0 unspecified atom stereocenters. The van der Waals surface area contributed by atoms with E-state index < -0.39 is 0 Å². The first-order chi connectivity index (χ1) is 8.56. The molecule has 1 aromatic carbocycles. The largest absolute Gasteiger partial charge is 0.493 e. The number of carbonyl (C=O) groups is 2. The molecule has 1 amide bonds. The molecule has 0 heterocycles. The number of ketones is 1. The third kappa shape index (κ3) is 4.08.